The van der Waals surface area contributed by atoms with Crippen molar-refractivity contribution in [2.75, 3.05) is 14.1 Å². The lowest BCUT2D eigenvalue weighted by Gasteiger charge is -2.36. The van der Waals surface area contributed by atoms with Crippen molar-refractivity contribution in [1.82, 2.24) is 14.8 Å². The van der Waals surface area contributed by atoms with Crippen LogP contribution in [-0.2, 0) is 19.6 Å². The number of rotatable bonds is 7. The summed E-state index contributed by atoms with van der Waals surface area (Å²) in [5.74, 6) is 0. The first-order chi connectivity index (χ1) is 12.6. The van der Waals surface area contributed by atoms with Crippen molar-refractivity contribution in [1.29, 1.82) is 0 Å². The molecular weight excluding hydrogens is 320 g/mol. The fraction of sp³-hybridized carbons (Fsp3) is 0.500. The van der Waals surface area contributed by atoms with E-state index >= 15 is 0 Å². The number of hydrogen-bond donors (Lipinski definition) is 1. The summed E-state index contributed by atoms with van der Waals surface area (Å²) in [5.41, 5.74) is 10.1. The lowest BCUT2D eigenvalue weighted by Crippen LogP contribution is -2.47. The van der Waals surface area contributed by atoms with Gasteiger partial charge in [0.1, 0.15) is 0 Å². The molecule has 0 radical (unpaired) electrons. The quantitative estimate of drug-likeness (QED) is 0.829. The van der Waals surface area contributed by atoms with Gasteiger partial charge in [-0.2, -0.15) is 0 Å². The first-order valence-electron chi connectivity index (χ1n) is 9.74. The third-order valence-corrected chi connectivity index (χ3v) is 5.41. The number of hydrogen-bond acceptors (Lipinski definition) is 4. The van der Waals surface area contributed by atoms with Crippen molar-refractivity contribution in [3.63, 3.8) is 0 Å². The molecule has 0 amide bonds. The second-order valence-electron chi connectivity index (χ2n) is 7.74. The minimum atomic E-state index is 0.327. The van der Waals surface area contributed by atoms with Crippen LogP contribution in [0.25, 0.3) is 0 Å². The molecule has 2 unspecified atom stereocenters. The van der Waals surface area contributed by atoms with E-state index in [1.807, 2.05) is 18.3 Å². The summed E-state index contributed by atoms with van der Waals surface area (Å²) in [7, 11) is 4.35. The Kier molecular flexibility index (Phi) is 6.78. The second kappa shape index (κ2) is 9.26. The van der Waals surface area contributed by atoms with Gasteiger partial charge in [0, 0.05) is 37.9 Å². The van der Waals surface area contributed by atoms with Gasteiger partial charge in [-0.15, -0.1) is 0 Å². The van der Waals surface area contributed by atoms with Gasteiger partial charge >= 0.3 is 0 Å². The van der Waals surface area contributed by atoms with Crippen molar-refractivity contribution in [3.8, 4) is 0 Å². The van der Waals surface area contributed by atoms with Crippen LogP contribution in [0.15, 0.2) is 48.7 Å². The molecule has 1 aliphatic carbocycles. The molecule has 0 spiro atoms. The van der Waals surface area contributed by atoms with Crippen LogP contribution in [-0.4, -0.2) is 41.0 Å². The highest BCUT2D eigenvalue weighted by Crippen LogP contribution is 2.22. The van der Waals surface area contributed by atoms with Crippen molar-refractivity contribution in [2.24, 2.45) is 5.73 Å². The third-order valence-electron chi connectivity index (χ3n) is 5.41. The second-order valence-corrected chi connectivity index (χ2v) is 7.74. The Morgan fingerprint density at radius 3 is 2.27 bits per heavy atom. The van der Waals surface area contributed by atoms with E-state index < -0.39 is 0 Å². The molecule has 4 heteroatoms. The zero-order valence-electron chi connectivity index (χ0n) is 16.1. The summed E-state index contributed by atoms with van der Waals surface area (Å²) in [5, 5.41) is 0. The van der Waals surface area contributed by atoms with E-state index in [-0.39, 0.29) is 0 Å². The molecule has 2 atom stereocenters. The van der Waals surface area contributed by atoms with Crippen LogP contribution >= 0.6 is 0 Å². The molecule has 26 heavy (non-hydrogen) atoms. The van der Waals surface area contributed by atoms with Crippen LogP contribution < -0.4 is 5.73 Å². The van der Waals surface area contributed by atoms with Crippen molar-refractivity contribution in [2.45, 2.75) is 57.4 Å². The summed E-state index contributed by atoms with van der Waals surface area (Å²) in [4.78, 5) is 9.13. The summed E-state index contributed by atoms with van der Waals surface area (Å²) in [6.07, 6.45) is 6.84. The predicted octanol–water partition coefficient (Wildman–Crippen LogP) is 3.42. The summed E-state index contributed by atoms with van der Waals surface area (Å²) >= 11 is 0. The average molecular weight is 353 g/mol. The minimum absolute atomic E-state index is 0.327. The fourth-order valence-electron chi connectivity index (χ4n) is 3.98. The van der Waals surface area contributed by atoms with Crippen LogP contribution in [0.5, 0.6) is 0 Å². The van der Waals surface area contributed by atoms with Crippen LogP contribution in [0.2, 0.25) is 0 Å². The molecular formula is C22H32N4. The van der Waals surface area contributed by atoms with Gasteiger partial charge in [0.2, 0.25) is 0 Å². The molecule has 1 fully saturated rings. The normalized spacial score (nSPS) is 20.7. The van der Waals surface area contributed by atoms with Crippen LogP contribution in [0, 0.1) is 0 Å². The highest BCUT2D eigenvalue weighted by molar-refractivity contribution is 5.22. The third kappa shape index (κ3) is 5.37. The molecule has 0 bridgehead atoms. The lowest BCUT2D eigenvalue weighted by molar-refractivity contribution is 0.162. The summed E-state index contributed by atoms with van der Waals surface area (Å²) in [6, 6.07) is 15.9. The van der Waals surface area contributed by atoms with E-state index in [0.717, 1.165) is 31.7 Å². The van der Waals surface area contributed by atoms with Gasteiger partial charge in [-0.25, -0.2) is 0 Å². The van der Waals surface area contributed by atoms with Gasteiger partial charge in [-0.05, 0) is 50.2 Å². The Bertz CT molecular complexity index is 656. The first kappa shape index (κ1) is 19.0. The highest BCUT2D eigenvalue weighted by Gasteiger charge is 2.25. The smallest absolute Gasteiger partial charge is 0.0543 e. The zero-order valence-corrected chi connectivity index (χ0v) is 16.1. The maximum atomic E-state index is 6.32. The highest BCUT2D eigenvalue weighted by atomic mass is 15.1. The molecule has 0 saturated heterocycles. The van der Waals surface area contributed by atoms with E-state index in [2.05, 4.69) is 59.2 Å². The molecule has 1 aromatic heterocycles. The van der Waals surface area contributed by atoms with E-state index in [1.165, 1.54) is 30.4 Å². The molecule has 0 aliphatic heterocycles. The SMILES string of the molecule is CN(Cc1ccc(CN(C)C2CCCCC2N)cc1)Cc1ccccn1. The molecule has 2 aromatic rings. The minimum Gasteiger partial charge on any atom is -0.326 e. The molecule has 1 heterocycles. The van der Waals surface area contributed by atoms with Gasteiger partial charge in [-0.3, -0.25) is 14.8 Å². The van der Waals surface area contributed by atoms with E-state index in [1.54, 1.807) is 0 Å². The molecule has 1 aromatic carbocycles. The van der Waals surface area contributed by atoms with Gasteiger partial charge in [0.25, 0.3) is 0 Å². The molecule has 1 aliphatic rings. The standard InChI is InChI=1S/C22H32N4/c1-25(17-20-7-5-6-14-24-20)15-18-10-12-19(13-11-18)16-26(2)22-9-4-3-8-21(22)23/h5-7,10-14,21-22H,3-4,8-9,15-17,23H2,1-2H3. The van der Waals surface area contributed by atoms with Crippen LogP contribution in [0.3, 0.4) is 0 Å². The predicted molar refractivity (Wildman–Crippen MR) is 108 cm³/mol. The molecule has 2 N–H and O–H groups in total. The number of nitrogens with zero attached hydrogens (tertiary/aromatic N) is 3. The van der Waals surface area contributed by atoms with E-state index in [9.17, 15) is 0 Å². The maximum Gasteiger partial charge on any atom is 0.0543 e. The van der Waals surface area contributed by atoms with Gasteiger partial charge in [0.05, 0.1) is 5.69 Å². The van der Waals surface area contributed by atoms with Crippen molar-refractivity contribution < 1.29 is 0 Å². The molecule has 1 saturated carbocycles. The zero-order chi connectivity index (χ0) is 18.4. The number of pyridine rings is 1. The van der Waals surface area contributed by atoms with Gasteiger partial charge < -0.3 is 5.73 Å². The van der Waals surface area contributed by atoms with Crippen LogP contribution in [0.4, 0.5) is 0 Å². The molecule has 4 nitrogen and oxygen atoms in total. The number of aromatic nitrogens is 1. The summed E-state index contributed by atoms with van der Waals surface area (Å²) < 4.78 is 0. The molecule has 140 valence electrons. The van der Waals surface area contributed by atoms with E-state index in [4.69, 9.17) is 5.73 Å². The number of nitrogens with two attached hydrogens (primary N) is 1. The Morgan fingerprint density at radius 2 is 1.62 bits per heavy atom. The van der Waals surface area contributed by atoms with Crippen molar-refractivity contribution in [3.05, 3.63) is 65.5 Å². The monoisotopic (exact) mass is 352 g/mol. The number of benzene rings is 1. The van der Waals surface area contributed by atoms with Crippen molar-refractivity contribution >= 4 is 0 Å². The first-order valence-corrected chi connectivity index (χ1v) is 9.74. The summed E-state index contributed by atoms with van der Waals surface area (Å²) in [6.45, 7) is 2.77. The topological polar surface area (TPSA) is 45.4 Å². The molecule has 3 rings (SSSR count). The Morgan fingerprint density at radius 1 is 0.923 bits per heavy atom. The van der Waals surface area contributed by atoms with E-state index in [0.29, 0.717) is 12.1 Å². The fourth-order valence-corrected chi connectivity index (χ4v) is 3.98. The Hall–Kier alpha value is -1.75. The van der Waals surface area contributed by atoms with Crippen LogP contribution in [0.1, 0.15) is 42.5 Å². The van der Waals surface area contributed by atoms with Gasteiger partial charge in [-0.1, -0.05) is 43.2 Å². The Balaban J connectivity index is 1.51. The lowest BCUT2D eigenvalue weighted by atomic mass is 9.90. The Labute approximate surface area is 158 Å². The number of likely N-dealkylation sites (N-methyl/N-ethyl adjacent to an activating group) is 1. The average Bonchev–Trinajstić information content (AvgIpc) is 2.64. The largest absolute Gasteiger partial charge is 0.326 e. The maximum absolute atomic E-state index is 6.32. The van der Waals surface area contributed by atoms with Gasteiger partial charge in [0.15, 0.2) is 0 Å².